The third kappa shape index (κ3) is 2.56. The van der Waals surface area contributed by atoms with Crippen molar-refractivity contribution in [3.63, 3.8) is 0 Å². The van der Waals surface area contributed by atoms with Crippen molar-refractivity contribution in [1.29, 1.82) is 0 Å². The van der Waals surface area contributed by atoms with Gasteiger partial charge in [-0.15, -0.1) is 6.42 Å². The Bertz CT molecular complexity index is 390. The van der Waals surface area contributed by atoms with Crippen LogP contribution in [-0.4, -0.2) is 13.7 Å². The molecule has 0 saturated heterocycles. The summed E-state index contributed by atoms with van der Waals surface area (Å²) in [4.78, 5) is 0. The Balaban J connectivity index is 2.14. The molecule has 1 saturated carbocycles. The lowest BCUT2D eigenvalue weighted by Gasteiger charge is -2.17. The summed E-state index contributed by atoms with van der Waals surface area (Å²) < 4.78 is 5.24. The second-order valence-corrected chi connectivity index (χ2v) is 4.18. The molecule has 1 atom stereocenters. The number of benzene rings is 1. The lowest BCUT2D eigenvalue weighted by molar-refractivity contribution is 0.412. The summed E-state index contributed by atoms with van der Waals surface area (Å²) in [6.07, 6.45) is 7.88. The molecule has 1 aliphatic rings. The maximum absolute atomic E-state index is 5.29. The number of ether oxygens (including phenoxy) is 1. The highest BCUT2D eigenvalue weighted by atomic mass is 16.5. The van der Waals surface area contributed by atoms with Crippen LogP contribution in [0.15, 0.2) is 24.3 Å². The Kier molecular flexibility index (Phi) is 3.48. The predicted molar refractivity (Wildman–Crippen MR) is 65.3 cm³/mol. The second kappa shape index (κ2) is 5.05. The minimum Gasteiger partial charge on any atom is -0.497 e. The zero-order valence-corrected chi connectivity index (χ0v) is 9.57. The fraction of sp³-hybridized carbons (Fsp3) is 0.429. The summed E-state index contributed by atoms with van der Waals surface area (Å²) in [7, 11) is 1.69. The van der Waals surface area contributed by atoms with Crippen LogP contribution in [-0.2, 0) is 0 Å². The van der Waals surface area contributed by atoms with Crippen LogP contribution >= 0.6 is 0 Å². The van der Waals surface area contributed by atoms with Gasteiger partial charge < -0.3 is 4.74 Å². The summed E-state index contributed by atoms with van der Waals surface area (Å²) in [6.45, 7) is 0.623. The van der Waals surface area contributed by atoms with Crippen LogP contribution in [0.2, 0.25) is 0 Å². The van der Waals surface area contributed by atoms with Gasteiger partial charge in [0.2, 0.25) is 0 Å². The van der Waals surface area contributed by atoms with Crippen LogP contribution in [0.5, 0.6) is 5.75 Å². The summed E-state index contributed by atoms with van der Waals surface area (Å²) in [5.41, 5.74) is 1.28. The first-order valence-corrected chi connectivity index (χ1v) is 5.66. The molecule has 1 fully saturated rings. The monoisotopic (exact) mass is 215 g/mol. The maximum Gasteiger partial charge on any atom is 0.119 e. The van der Waals surface area contributed by atoms with E-state index in [4.69, 9.17) is 11.2 Å². The Morgan fingerprint density at radius 1 is 1.56 bits per heavy atom. The molecule has 0 bridgehead atoms. The number of hydrogen-bond donors (Lipinski definition) is 1. The molecule has 84 valence electrons. The molecule has 2 heteroatoms. The molecule has 0 radical (unpaired) electrons. The molecule has 1 aromatic rings. The predicted octanol–water partition coefficient (Wildman–Crippen LogP) is 2.37. The number of methoxy groups -OCH3 is 1. The molecule has 0 aliphatic heterocycles. The zero-order valence-electron chi connectivity index (χ0n) is 9.57. The zero-order chi connectivity index (χ0) is 11.4. The molecule has 1 unspecified atom stereocenters. The molecule has 1 N–H and O–H groups in total. The molecule has 0 aromatic heterocycles. The lowest BCUT2D eigenvalue weighted by atomic mass is 10.0. The van der Waals surface area contributed by atoms with E-state index in [-0.39, 0.29) is 0 Å². The molecular weight excluding hydrogens is 198 g/mol. The van der Waals surface area contributed by atoms with Gasteiger partial charge in [0.1, 0.15) is 5.75 Å². The first kappa shape index (κ1) is 11.0. The minimum atomic E-state index is 0.381. The van der Waals surface area contributed by atoms with E-state index in [2.05, 4.69) is 23.4 Å². The maximum atomic E-state index is 5.29. The van der Waals surface area contributed by atoms with Crippen molar-refractivity contribution in [1.82, 2.24) is 5.32 Å². The molecule has 2 nitrogen and oxygen atoms in total. The van der Waals surface area contributed by atoms with Gasteiger partial charge in [0.15, 0.2) is 0 Å². The van der Waals surface area contributed by atoms with Crippen LogP contribution in [0.4, 0.5) is 0 Å². The first-order valence-electron chi connectivity index (χ1n) is 5.66. The smallest absolute Gasteiger partial charge is 0.119 e. The van der Waals surface area contributed by atoms with Crippen LogP contribution in [0, 0.1) is 18.3 Å². The molecule has 1 aromatic carbocycles. The van der Waals surface area contributed by atoms with E-state index in [9.17, 15) is 0 Å². The van der Waals surface area contributed by atoms with E-state index in [1.807, 2.05) is 12.1 Å². The van der Waals surface area contributed by atoms with Crippen molar-refractivity contribution in [2.75, 3.05) is 13.7 Å². The number of nitrogens with one attached hydrogen (secondary N) is 1. The van der Waals surface area contributed by atoms with Crippen molar-refractivity contribution >= 4 is 0 Å². The average Bonchev–Trinajstić information content (AvgIpc) is 3.14. The van der Waals surface area contributed by atoms with E-state index in [1.54, 1.807) is 7.11 Å². The average molecular weight is 215 g/mol. The van der Waals surface area contributed by atoms with E-state index in [0.29, 0.717) is 12.6 Å². The molecule has 0 heterocycles. The quantitative estimate of drug-likeness (QED) is 0.761. The molecule has 2 rings (SSSR count). The van der Waals surface area contributed by atoms with Crippen LogP contribution in [0.1, 0.15) is 24.4 Å². The van der Waals surface area contributed by atoms with Crippen molar-refractivity contribution < 1.29 is 4.74 Å². The van der Waals surface area contributed by atoms with E-state index < -0.39 is 0 Å². The number of hydrogen-bond acceptors (Lipinski definition) is 2. The van der Waals surface area contributed by atoms with Gasteiger partial charge in [-0.2, -0.15) is 0 Å². The summed E-state index contributed by atoms with van der Waals surface area (Å²) >= 11 is 0. The molecule has 16 heavy (non-hydrogen) atoms. The van der Waals surface area contributed by atoms with Gasteiger partial charge in [-0.05, 0) is 36.5 Å². The minimum absolute atomic E-state index is 0.381. The largest absolute Gasteiger partial charge is 0.497 e. The fourth-order valence-corrected chi connectivity index (χ4v) is 1.99. The van der Waals surface area contributed by atoms with Crippen molar-refractivity contribution in [2.45, 2.75) is 18.9 Å². The summed E-state index contributed by atoms with van der Waals surface area (Å²) in [5, 5.41) is 3.41. The third-order valence-electron chi connectivity index (χ3n) is 2.97. The van der Waals surface area contributed by atoms with Crippen molar-refractivity contribution in [3.8, 4) is 18.1 Å². The van der Waals surface area contributed by atoms with Gasteiger partial charge in [0.05, 0.1) is 13.7 Å². The highest BCUT2D eigenvalue weighted by Crippen LogP contribution is 2.41. The van der Waals surface area contributed by atoms with Crippen molar-refractivity contribution in [2.24, 2.45) is 5.92 Å². The first-order chi connectivity index (χ1) is 7.85. The van der Waals surface area contributed by atoms with Gasteiger partial charge in [-0.25, -0.2) is 0 Å². The molecular formula is C14H17NO. The lowest BCUT2D eigenvalue weighted by Crippen LogP contribution is -2.23. The standard InChI is InChI=1S/C14H17NO/c1-3-9-15-14(11-7-8-11)12-5-4-6-13(10-12)16-2/h1,4-6,10-11,14-15H,7-9H2,2H3. The topological polar surface area (TPSA) is 21.3 Å². The van der Waals surface area contributed by atoms with E-state index >= 15 is 0 Å². The SMILES string of the molecule is C#CCNC(c1cccc(OC)c1)C1CC1. The molecule has 1 aliphatic carbocycles. The molecule has 0 spiro atoms. The Labute approximate surface area is 97.0 Å². The highest BCUT2D eigenvalue weighted by molar-refractivity contribution is 5.31. The highest BCUT2D eigenvalue weighted by Gasteiger charge is 2.31. The second-order valence-electron chi connectivity index (χ2n) is 4.18. The van der Waals surface area contributed by atoms with Gasteiger partial charge >= 0.3 is 0 Å². The third-order valence-corrected chi connectivity index (χ3v) is 2.97. The molecule has 0 amide bonds. The Morgan fingerprint density at radius 3 is 3.00 bits per heavy atom. The Morgan fingerprint density at radius 2 is 2.38 bits per heavy atom. The van der Waals surface area contributed by atoms with E-state index in [0.717, 1.165) is 11.7 Å². The van der Waals surface area contributed by atoms with E-state index in [1.165, 1.54) is 18.4 Å². The summed E-state index contributed by atoms with van der Waals surface area (Å²) in [5.74, 6) is 4.28. The van der Waals surface area contributed by atoms with Crippen LogP contribution in [0.3, 0.4) is 0 Å². The van der Waals surface area contributed by atoms with Gasteiger partial charge in [0, 0.05) is 6.04 Å². The van der Waals surface area contributed by atoms with Gasteiger partial charge in [-0.1, -0.05) is 18.1 Å². The fourth-order valence-electron chi connectivity index (χ4n) is 1.99. The summed E-state index contributed by atoms with van der Waals surface area (Å²) in [6, 6.07) is 8.60. The van der Waals surface area contributed by atoms with Crippen LogP contribution < -0.4 is 10.1 Å². The van der Waals surface area contributed by atoms with Crippen LogP contribution in [0.25, 0.3) is 0 Å². The number of terminal acetylenes is 1. The normalized spacial score (nSPS) is 16.5. The van der Waals surface area contributed by atoms with Crippen molar-refractivity contribution in [3.05, 3.63) is 29.8 Å². The Hall–Kier alpha value is -1.46. The van der Waals surface area contributed by atoms with Gasteiger partial charge in [-0.3, -0.25) is 5.32 Å². The van der Waals surface area contributed by atoms with Gasteiger partial charge in [0.25, 0.3) is 0 Å². The number of rotatable bonds is 5.